The molecular formula is C14H28O2. The first-order chi connectivity index (χ1) is 7.57. The van der Waals surface area contributed by atoms with E-state index in [-0.39, 0.29) is 5.92 Å². The Morgan fingerprint density at radius 2 is 1.62 bits per heavy atom. The predicted molar refractivity (Wildman–Crippen MR) is 68.6 cm³/mol. The molecule has 0 amide bonds. The molecule has 0 spiro atoms. The minimum atomic E-state index is -0.657. The average Bonchev–Trinajstić information content (AvgIpc) is 2.25. The van der Waals surface area contributed by atoms with E-state index in [1.54, 1.807) is 6.92 Å². The quantitative estimate of drug-likeness (QED) is 0.560. The highest BCUT2D eigenvalue weighted by molar-refractivity contribution is 5.69. The van der Waals surface area contributed by atoms with Gasteiger partial charge >= 0.3 is 5.97 Å². The van der Waals surface area contributed by atoms with Gasteiger partial charge < -0.3 is 5.11 Å². The molecule has 1 unspecified atom stereocenters. The maximum atomic E-state index is 10.6. The first kappa shape index (κ1) is 15.5. The summed E-state index contributed by atoms with van der Waals surface area (Å²) in [6.45, 7) is 6.28. The van der Waals surface area contributed by atoms with Gasteiger partial charge in [0.2, 0.25) is 0 Å². The van der Waals surface area contributed by atoms with Crippen LogP contribution in [0.5, 0.6) is 0 Å². The van der Waals surface area contributed by atoms with E-state index in [0.717, 1.165) is 12.8 Å². The zero-order chi connectivity index (χ0) is 12.4. The average molecular weight is 228 g/mol. The lowest BCUT2D eigenvalue weighted by Gasteiger charge is -2.12. The molecule has 2 nitrogen and oxygen atoms in total. The van der Waals surface area contributed by atoms with Crippen LogP contribution in [-0.4, -0.2) is 11.1 Å². The molecule has 0 aliphatic carbocycles. The molecule has 1 N–H and O–H groups in total. The molecule has 2 heteroatoms. The number of carboxylic acids is 1. The molecule has 0 rings (SSSR count). The number of carboxylic acid groups (broad SMARTS) is 1. The van der Waals surface area contributed by atoms with Gasteiger partial charge in [0.15, 0.2) is 0 Å². The monoisotopic (exact) mass is 228 g/mol. The third kappa shape index (κ3) is 8.75. The van der Waals surface area contributed by atoms with E-state index in [9.17, 15) is 4.79 Å². The number of hydrogen-bond acceptors (Lipinski definition) is 1. The highest BCUT2D eigenvalue weighted by atomic mass is 16.4. The number of rotatable bonds is 10. The molecule has 2 atom stereocenters. The zero-order valence-electron chi connectivity index (χ0n) is 11.2. The maximum absolute atomic E-state index is 10.6. The fraction of sp³-hybridized carbons (Fsp3) is 0.929. The van der Waals surface area contributed by atoms with E-state index in [1.807, 2.05) is 0 Å². The van der Waals surface area contributed by atoms with Crippen molar-refractivity contribution in [1.82, 2.24) is 0 Å². The van der Waals surface area contributed by atoms with Crippen molar-refractivity contribution in [2.24, 2.45) is 11.8 Å². The molecule has 0 heterocycles. The van der Waals surface area contributed by atoms with Crippen molar-refractivity contribution in [2.75, 3.05) is 0 Å². The van der Waals surface area contributed by atoms with Crippen LogP contribution >= 0.6 is 0 Å². The van der Waals surface area contributed by atoms with Crippen LogP contribution in [0.25, 0.3) is 0 Å². The lowest BCUT2D eigenvalue weighted by molar-refractivity contribution is -0.141. The van der Waals surface area contributed by atoms with E-state index < -0.39 is 5.97 Å². The van der Waals surface area contributed by atoms with Gasteiger partial charge in [-0.1, -0.05) is 59.3 Å². The third-order valence-corrected chi connectivity index (χ3v) is 3.31. The van der Waals surface area contributed by atoms with Crippen LogP contribution in [0.3, 0.4) is 0 Å². The van der Waals surface area contributed by atoms with Crippen molar-refractivity contribution in [2.45, 2.75) is 72.1 Å². The van der Waals surface area contributed by atoms with Gasteiger partial charge in [-0.15, -0.1) is 0 Å². The molecule has 0 aromatic heterocycles. The molecule has 0 aromatic rings. The first-order valence-electron chi connectivity index (χ1n) is 6.80. The Hall–Kier alpha value is -0.530. The van der Waals surface area contributed by atoms with Crippen molar-refractivity contribution in [1.29, 1.82) is 0 Å². The fourth-order valence-electron chi connectivity index (χ4n) is 1.90. The van der Waals surface area contributed by atoms with Gasteiger partial charge in [0, 0.05) is 0 Å². The molecule has 16 heavy (non-hydrogen) atoms. The minimum absolute atomic E-state index is 0.178. The Morgan fingerprint density at radius 3 is 2.19 bits per heavy atom. The van der Waals surface area contributed by atoms with Crippen LogP contribution in [0, 0.1) is 11.8 Å². The van der Waals surface area contributed by atoms with Crippen LogP contribution in [0.1, 0.15) is 72.1 Å². The Morgan fingerprint density at radius 1 is 1.00 bits per heavy atom. The van der Waals surface area contributed by atoms with Gasteiger partial charge in [-0.25, -0.2) is 0 Å². The van der Waals surface area contributed by atoms with Gasteiger partial charge in [-0.3, -0.25) is 4.79 Å². The number of aliphatic carboxylic acids is 1. The van der Waals surface area contributed by atoms with Gasteiger partial charge in [0.1, 0.15) is 0 Å². The minimum Gasteiger partial charge on any atom is -0.481 e. The molecule has 0 aliphatic rings. The molecule has 96 valence electrons. The highest BCUT2D eigenvalue weighted by Gasteiger charge is 2.12. The Balaban J connectivity index is 3.37. The largest absolute Gasteiger partial charge is 0.481 e. The lowest BCUT2D eigenvalue weighted by Crippen LogP contribution is -2.10. The van der Waals surface area contributed by atoms with Crippen molar-refractivity contribution in [3.05, 3.63) is 0 Å². The van der Waals surface area contributed by atoms with Crippen LogP contribution < -0.4 is 0 Å². The van der Waals surface area contributed by atoms with Crippen molar-refractivity contribution in [3.63, 3.8) is 0 Å². The van der Waals surface area contributed by atoms with Gasteiger partial charge in [0.05, 0.1) is 5.92 Å². The molecule has 0 fully saturated rings. The molecule has 0 bridgehead atoms. The summed E-state index contributed by atoms with van der Waals surface area (Å²) in [7, 11) is 0. The highest BCUT2D eigenvalue weighted by Crippen LogP contribution is 2.18. The molecule has 0 saturated carbocycles. The third-order valence-electron chi connectivity index (χ3n) is 3.31. The standard InChI is InChI=1S/C14H28O2/c1-4-5-6-7-8-9-12(2)10-11-13(3)14(15)16/h12-13H,4-11H2,1-3H3,(H,15,16)/t12?,13-/m1/s1. The summed E-state index contributed by atoms with van der Waals surface area (Å²) >= 11 is 0. The van der Waals surface area contributed by atoms with E-state index in [1.165, 1.54) is 38.5 Å². The normalized spacial score (nSPS) is 14.7. The molecule has 0 radical (unpaired) electrons. The summed E-state index contributed by atoms with van der Waals surface area (Å²) in [5.41, 5.74) is 0. The zero-order valence-corrected chi connectivity index (χ0v) is 11.2. The Kier molecular flexibility index (Phi) is 9.36. The second kappa shape index (κ2) is 9.68. The fourth-order valence-corrected chi connectivity index (χ4v) is 1.90. The van der Waals surface area contributed by atoms with Crippen molar-refractivity contribution >= 4 is 5.97 Å². The summed E-state index contributed by atoms with van der Waals surface area (Å²) in [4.78, 5) is 10.6. The number of carbonyl (C=O) groups is 1. The SMILES string of the molecule is CCCCCCCC(C)CC[C@@H](C)C(=O)O. The van der Waals surface area contributed by atoms with Crippen LogP contribution in [0.4, 0.5) is 0 Å². The second-order valence-electron chi connectivity index (χ2n) is 5.12. The predicted octanol–water partition coefficient (Wildman–Crippen LogP) is 4.48. The van der Waals surface area contributed by atoms with Gasteiger partial charge in [-0.2, -0.15) is 0 Å². The van der Waals surface area contributed by atoms with Crippen LogP contribution in [0.15, 0.2) is 0 Å². The van der Waals surface area contributed by atoms with Crippen LogP contribution in [0.2, 0.25) is 0 Å². The summed E-state index contributed by atoms with van der Waals surface area (Å²) in [6.07, 6.45) is 9.79. The summed E-state index contributed by atoms with van der Waals surface area (Å²) < 4.78 is 0. The second-order valence-corrected chi connectivity index (χ2v) is 5.12. The van der Waals surface area contributed by atoms with E-state index >= 15 is 0 Å². The van der Waals surface area contributed by atoms with E-state index in [4.69, 9.17) is 5.11 Å². The van der Waals surface area contributed by atoms with Crippen molar-refractivity contribution < 1.29 is 9.90 Å². The number of unbranched alkanes of at least 4 members (excludes halogenated alkanes) is 4. The topological polar surface area (TPSA) is 37.3 Å². The summed E-state index contributed by atoms with van der Waals surface area (Å²) in [5, 5.41) is 8.77. The molecular weight excluding hydrogens is 200 g/mol. The molecule has 0 saturated heterocycles. The van der Waals surface area contributed by atoms with Crippen LogP contribution in [-0.2, 0) is 4.79 Å². The Labute approximate surface area is 100 Å². The van der Waals surface area contributed by atoms with E-state index in [0.29, 0.717) is 5.92 Å². The maximum Gasteiger partial charge on any atom is 0.306 e. The smallest absolute Gasteiger partial charge is 0.306 e. The Bertz CT molecular complexity index is 178. The summed E-state index contributed by atoms with van der Waals surface area (Å²) in [5.74, 6) is -0.152. The first-order valence-corrected chi connectivity index (χ1v) is 6.80. The number of hydrogen-bond donors (Lipinski definition) is 1. The molecule has 0 aromatic carbocycles. The van der Waals surface area contributed by atoms with Crippen molar-refractivity contribution in [3.8, 4) is 0 Å². The summed E-state index contributed by atoms with van der Waals surface area (Å²) in [6, 6.07) is 0. The lowest BCUT2D eigenvalue weighted by atomic mass is 9.94. The van der Waals surface area contributed by atoms with Gasteiger partial charge in [0.25, 0.3) is 0 Å². The van der Waals surface area contributed by atoms with Gasteiger partial charge in [-0.05, 0) is 18.8 Å². The molecule has 0 aliphatic heterocycles. The van der Waals surface area contributed by atoms with E-state index in [2.05, 4.69) is 13.8 Å².